The van der Waals surface area contributed by atoms with Crippen LogP contribution in [0.2, 0.25) is 0 Å². The summed E-state index contributed by atoms with van der Waals surface area (Å²) in [4.78, 5) is 11.8. The molecule has 0 spiro atoms. The maximum Gasteiger partial charge on any atom is 0.164 e. The fourth-order valence-electron chi connectivity index (χ4n) is 1.71. The van der Waals surface area contributed by atoms with E-state index in [0.717, 1.165) is 5.56 Å². The highest BCUT2D eigenvalue weighted by atomic mass is 16.5. The molecule has 18 heavy (non-hydrogen) atoms. The van der Waals surface area contributed by atoms with Crippen molar-refractivity contribution in [1.29, 1.82) is 0 Å². The molecule has 4 heteroatoms. The van der Waals surface area contributed by atoms with Crippen LogP contribution in [-0.2, 0) is 10.2 Å². The van der Waals surface area contributed by atoms with Crippen LogP contribution in [0.25, 0.3) is 0 Å². The van der Waals surface area contributed by atoms with Crippen molar-refractivity contribution in [2.45, 2.75) is 26.2 Å². The number of carbonyl (C=O) groups is 1. The number of ketones is 1. The first-order valence-electron chi connectivity index (χ1n) is 5.70. The minimum Gasteiger partial charge on any atom is -0.496 e. The van der Waals surface area contributed by atoms with Gasteiger partial charge in [0, 0.05) is 11.6 Å². The number of methoxy groups -OCH3 is 3. The van der Waals surface area contributed by atoms with Crippen LogP contribution >= 0.6 is 0 Å². The number of carbonyl (C=O) groups excluding carboxylic acids is 1. The van der Waals surface area contributed by atoms with Crippen LogP contribution in [-0.4, -0.2) is 27.1 Å². The van der Waals surface area contributed by atoms with E-state index in [1.54, 1.807) is 40.4 Å². The van der Waals surface area contributed by atoms with E-state index in [9.17, 15) is 4.79 Å². The zero-order valence-electron chi connectivity index (χ0n) is 11.8. The van der Waals surface area contributed by atoms with Crippen LogP contribution < -0.4 is 14.2 Å². The Morgan fingerprint density at radius 3 is 1.78 bits per heavy atom. The molecule has 0 atom stereocenters. The number of rotatable bonds is 5. The van der Waals surface area contributed by atoms with Gasteiger partial charge in [0.2, 0.25) is 0 Å². The summed E-state index contributed by atoms with van der Waals surface area (Å²) in [5.41, 5.74) is 0.153. The molecule has 0 fully saturated rings. The lowest BCUT2D eigenvalue weighted by atomic mass is 9.80. The maximum absolute atomic E-state index is 11.8. The smallest absolute Gasteiger partial charge is 0.164 e. The summed E-state index contributed by atoms with van der Waals surface area (Å²) >= 11 is 0. The molecule has 0 amide bonds. The molecule has 1 aromatic rings. The van der Waals surface area contributed by atoms with Crippen molar-refractivity contribution in [2.75, 3.05) is 21.3 Å². The van der Waals surface area contributed by atoms with Crippen LogP contribution in [0, 0.1) is 0 Å². The van der Waals surface area contributed by atoms with Crippen molar-refractivity contribution < 1.29 is 19.0 Å². The van der Waals surface area contributed by atoms with Crippen molar-refractivity contribution in [3.8, 4) is 17.2 Å². The lowest BCUT2D eigenvalue weighted by Crippen LogP contribution is -2.27. The van der Waals surface area contributed by atoms with Gasteiger partial charge in [-0.15, -0.1) is 0 Å². The summed E-state index contributed by atoms with van der Waals surface area (Å²) in [6.45, 7) is 5.29. The van der Waals surface area contributed by atoms with E-state index < -0.39 is 5.41 Å². The van der Waals surface area contributed by atoms with Crippen LogP contribution in [0.3, 0.4) is 0 Å². The van der Waals surface area contributed by atoms with Crippen molar-refractivity contribution in [2.24, 2.45) is 0 Å². The fourth-order valence-corrected chi connectivity index (χ4v) is 1.71. The molecular weight excluding hydrogens is 232 g/mol. The fraction of sp³-hybridized carbons (Fsp3) is 0.500. The average Bonchev–Trinajstić information content (AvgIpc) is 2.36. The summed E-state index contributed by atoms with van der Waals surface area (Å²) < 4.78 is 15.8. The van der Waals surface area contributed by atoms with E-state index >= 15 is 0 Å². The Balaban J connectivity index is 3.48. The van der Waals surface area contributed by atoms with Gasteiger partial charge < -0.3 is 14.2 Å². The molecule has 0 N–H and O–H groups in total. The molecule has 1 rings (SSSR count). The van der Waals surface area contributed by atoms with Crippen LogP contribution in [0.4, 0.5) is 0 Å². The Kier molecular flexibility index (Phi) is 4.22. The van der Waals surface area contributed by atoms with E-state index in [2.05, 4.69) is 0 Å². The molecule has 0 saturated carbocycles. The van der Waals surface area contributed by atoms with Gasteiger partial charge >= 0.3 is 0 Å². The van der Waals surface area contributed by atoms with Gasteiger partial charge in [0.15, 0.2) is 11.5 Å². The SMILES string of the molecule is COc1cc(OC)c(C(C)(C)C(C)=O)cc1OC. The topological polar surface area (TPSA) is 44.8 Å². The molecule has 4 nitrogen and oxygen atoms in total. The second kappa shape index (κ2) is 5.29. The summed E-state index contributed by atoms with van der Waals surface area (Å²) in [5.74, 6) is 1.85. The van der Waals surface area contributed by atoms with Gasteiger partial charge in [-0.2, -0.15) is 0 Å². The van der Waals surface area contributed by atoms with Crippen molar-refractivity contribution in [3.63, 3.8) is 0 Å². The average molecular weight is 252 g/mol. The Morgan fingerprint density at radius 2 is 1.39 bits per heavy atom. The van der Waals surface area contributed by atoms with E-state index in [1.807, 2.05) is 13.8 Å². The Labute approximate surface area is 108 Å². The molecule has 100 valence electrons. The molecule has 0 saturated heterocycles. The predicted octanol–water partition coefficient (Wildman–Crippen LogP) is 2.58. The first kappa shape index (κ1) is 14.4. The van der Waals surface area contributed by atoms with Gasteiger partial charge in [-0.3, -0.25) is 4.79 Å². The lowest BCUT2D eigenvalue weighted by molar-refractivity contribution is -0.121. The third-order valence-corrected chi connectivity index (χ3v) is 3.26. The molecule has 0 unspecified atom stereocenters. The van der Waals surface area contributed by atoms with Gasteiger partial charge in [0.25, 0.3) is 0 Å². The minimum absolute atomic E-state index is 0.0630. The molecule has 0 aromatic heterocycles. The number of ether oxygens (including phenoxy) is 3. The number of hydrogen-bond donors (Lipinski definition) is 0. The molecular formula is C14H20O4. The third kappa shape index (κ3) is 2.42. The monoisotopic (exact) mass is 252 g/mol. The second-order valence-corrected chi connectivity index (χ2v) is 4.59. The molecule has 0 aliphatic carbocycles. The zero-order chi connectivity index (χ0) is 13.9. The number of Topliss-reactive ketones (excluding diaryl/α,β-unsaturated/α-hetero) is 1. The van der Waals surface area contributed by atoms with Crippen molar-refractivity contribution in [1.82, 2.24) is 0 Å². The lowest BCUT2D eigenvalue weighted by Gasteiger charge is -2.25. The highest BCUT2D eigenvalue weighted by molar-refractivity contribution is 5.88. The quantitative estimate of drug-likeness (QED) is 0.808. The van der Waals surface area contributed by atoms with Gasteiger partial charge in [0.05, 0.1) is 26.7 Å². The van der Waals surface area contributed by atoms with Gasteiger partial charge in [-0.05, 0) is 26.8 Å². The first-order chi connectivity index (χ1) is 8.38. The van der Waals surface area contributed by atoms with Gasteiger partial charge in [0.1, 0.15) is 11.5 Å². The standard InChI is InChI=1S/C14H20O4/c1-9(15)14(2,3)10-7-12(17-5)13(18-6)8-11(10)16-4/h7-8H,1-6H3. The highest BCUT2D eigenvalue weighted by Gasteiger charge is 2.31. The van der Waals surface area contributed by atoms with Crippen molar-refractivity contribution >= 4 is 5.78 Å². The number of hydrogen-bond acceptors (Lipinski definition) is 4. The molecule has 0 bridgehead atoms. The number of benzene rings is 1. The Bertz CT molecular complexity index is 449. The van der Waals surface area contributed by atoms with E-state index in [0.29, 0.717) is 17.2 Å². The van der Waals surface area contributed by atoms with Crippen molar-refractivity contribution in [3.05, 3.63) is 17.7 Å². The van der Waals surface area contributed by atoms with Crippen LogP contribution in [0.5, 0.6) is 17.2 Å². The summed E-state index contributed by atoms with van der Waals surface area (Å²) in [6, 6.07) is 3.53. The Hall–Kier alpha value is -1.71. The second-order valence-electron chi connectivity index (χ2n) is 4.59. The van der Waals surface area contributed by atoms with Gasteiger partial charge in [-0.25, -0.2) is 0 Å². The van der Waals surface area contributed by atoms with Gasteiger partial charge in [-0.1, -0.05) is 0 Å². The third-order valence-electron chi connectivity index (χ3n) is 3.26. The molecule has 0 aliphatic heterocycles. The molecule has 0 radical (unpaired) electrons. The largest absolute Gasteiger partial charge is 0.496 e. The molecule has 0 heterocycles. The highest BCUT2D eigenvalue weighted by Crippen LogP contribution is 2.40. The van der Waals surface area contributed by atoms with E-state index in [-0.39, 0.29) is 5.78 Å². The molecule has 1 aromatic carbocycles. The first-order valence-corrected chi connectivity index (χ1v) is 5.70. The maximum atomic E-state index is 11.8. The normalized spacial score (nSPS) is 11.0. The van der Waals surface area contributed by atoms with E-state index in [1.165, 1.54) is 0 Å². The summed E-state index contributed by atoms with van der Waals surface area (Å²) in [5, 5.41) is 0. The summed E-state index contributed by atoms with van der Waals surface area (Å²) in [7, 11) is 4.70. The van der Waals surface area contributed by atoms with Crippen LogP contribution in [0.1, 0.15) is 26.3 Å². The zero-order valence-corrected chi connectivity index (χ0v) is 11.8. The Morgan fingerprint density at radius 1 is 0.944 bits per heavy atom. The molecule has 0 aliphatic rings. The van der Waals surface area contributed by atoms with E-state index in [4.69, 9.17) is 14.2 Å². The summed E-state index contributed by atoms with van der Waals surface area (Å²) in [6.07, 6.45) is 0. The van der Waals surface area contributed by atoms with Crippen LogP contribution in [0.15, 0.2) is 12.1 Å². The predicted molar refractivity (Wildman–Crippen MR) is 69.8 cm³/mol. The minimum atomic E-state index is -0.634.